The van der Waals surface area contributed by atoms with Crippen molar-refractivity contribution in [1.29, 1.82) is 0 Å². The Morgan fingerprint density at radius 2 is 2.40 bits per heavy atom. The van der Waals surface area contributed by atoms with Gasteiger partial charge in [-0.2, -0.15) is 5.10 Å². The van der Waals surface area contributed by atoms with E-state index < -0.39 is 0 Å². The van der Waals surface area contributed by atoms with Gasteiger partial charge in [0, 0.05) is 24.9 Å². The summed E-state index contributed by atoms with van der Waals surface area (Å²) in [6.45, 7) is 6.35. The third-order valence-corrected chi connectivity index (χ3v) is 2.21. The van der Waals surface area contributed by atoms with Crippen molar-refractivity contribution in [3.05, 3.63) is 18.0 Å². The maximum Gasteiger partial charge on any atom is 0.0724 e. The van der Waals surface area contributed by atoms with E-state index in [0.29, 0.717) is 6.61 Å². The van der Waals surface area contributed by atoms with E-state index in [4.69, 9.17) is 10.6 Å². The van der Waals surface area contributed by atoms with Crippen LogP contribution in [0.25, 0.3) is 0 Å². The van der Waals surface area contributed by atoms with Crippen LogP contribution in [-0.2, 0) is 11.3 Å². The van der Waals surface area contributed by atoms with Crippen LogP contribution in [0, 0.1) is 0 Å². The molecular weight excluding hydrogens is 192 g/mol. The Morgan fingerprint density at radius 3 is 2.93 bits per heavy atom. The lowest BCUT2D eigenvalue weighted by molar-refractivity contribution is 0.112. The number of rotatable bonds is 7. The topological polar surface area (TPSA) is 65.1 Å². The highest BCUT2D eigenvalue weighted by Crippen LogP contribution is 2.11. The lowest BCUT2D eigenvalue weighted by atomic mass is 10.2. The fourth-order valence-electron chi connectivity index (χ4n) is 1.32. The zero-order chi connectivity index (χ0) is 11.1. The van der Waals surface area contributed by atoms with Gasteiger partial charge in [-0.25, -0.2) is 0 Å². The fraction of sp³-hybridized carbons (Fsp3) is 0.700. The molecular formula is C10H20N4O. The standard InChI is InChI=1S/C10H20N4O/c1-3-5-15-8-10(13-11)9-6-12-14(4-2)7-9/h6-7,10,13H,3-5,8,11H2,1-2H3. The first-order valence-corrected chi connectivity index (χ1v) is 5.38. The zero-order valence-electron chi connectivity index (χ0n) is 9.44. The molecule has 1 atom stereocenters. The SMILES string of the molecule is CCCOCC(NN)c1cnn(CC)c1. The van der Waals surface area contributed by atoms with Crippen molar-refractivity contribution < 1.29 is 4.74 Å². The molecule has 1 aromatic heterocycles. The lowest BCUT2D eigenvalue weighted by Gasteiger charge is -2.13. The van der Waals surface area contributed by atoms with Crippen LogP contribution in [-0.4, -0.2) is 23.0 Å². The molecule has 0 aliphatic rings. The highest BCUT2D eigenvalue weighted by Gasteiger charge is 2.11. The summed E-state index contributed by atoms with van der Waals surface area (Å²) in [5.41, 5.74) is 3.80. The van der Waals surface area contributed by atoms with Gasteiger partial charge < -0.3 is 4.74 Å². The molecule has 1 heterocycles. The molecule has 0 aromatic carbocycles. The summed E-state index contributed by atoms with van der Waals surface area (Å²) in [6.07, 6.45) is 4.83. The van der Waals surface area contributed by atoms with Gasteiger partial charge in [0.1, 0.15) is 0 Å². The molecule has 0 saturated carbocycles. The highest BCUT2D eigenvalue weighted by atomic mass is 16.5. The van der Waals surface area contributed by atoms with Crippen molar-refractivity contribution in [2.45, 2.75) is 32.9 Å². The average molecular weight is 212 g/mol. The summed E-state index contributed by atoms with van der Waals surface area (Å²) in [5.74, 6) is 5.47. The van der Waals surface area contributed by atoms with Crippen LogP contribution in [0.1, 0.15) is 31.9 Å². The molecule has 0 aliphatic heterocycles. The quantitative estimate of drug-likeness (QED) is 0.399. The highest BCUT2D eigenvalue weighted by molar-refractivity contribution is 5.10. The number of aryl methyl sites for hydroxylation is 1. The maximum absolute atomic E-state index is 5.47. The van der Waals surface area contributed by atoms with E-state index in [1.54, 1.807) is 0 Å². The van der Waals surface area contributed by atoms with E-state index >= 15 is 0 Å². The van der Waals surface area contributed by atoms with Crippen LogP contribution in [0.4, 0.5) is 0 Å². The molecule has 5 heteroatoms. The molecule has 5 nitrogen and oxygen atoms in total. The van der Waals surface area contributed by atoms with Gasteiger partial charge in [0.2, 0.25) is 0 Å². The molecule has 86 valence electrons. The van der Waals surface area contributed by atoms with Crippen LogP contribution in [0.2, 0.25) is 0 Å². The Morgan fingerprint density at radius 1 is 1.60 bits per heavy atom. The maximum atomic E-state index is 5.47. The second-order valence-corrected chi connectivity index (χ2v) is 3.42. The first-order chi connectivity index (χ1) is 7.31. The first-order valence-electron chi connectivity index (χ1n) is 5.38. The Hall–Kier alpha value is -0.910. The van der Waals surface area contributed by atoms with Crippen molar-refractivity contribution in [3.63, 3.8) is 0 Å². The van der Waals surface area contributed by atoms with Gasteiger partial charge in [0.25, 0.3) is 0 Å². The number of hydrogen-bond donors (Lipinski definition) is 2. The number of nitrogens with two attached hydrogens (primary N) is 1. The predicted molar refractivity (Wildman–Crippen MR) is 59.1 cm³/mol. The normalized spacial score (nSPS) is 13.0. The minimum atomic E-state index is 0.0249. The second-order valence-electron chi connectivity index (χ2n) is 3.42. The predicted octanol–water partition coefficient (Wildman–Crippen LogP) is 0.834. The molecule has 15 heavy (non-hydrogen) atoms. The van der Waals surface area contributed by atoms with Gasteiger partial charge in [-0.3, -0.25) is 16.0 Å². The molecule has 0 bridgehead atoms. The zero-order valence-corrected chi connectivity index (χ0v) is 9.44. The Kier molecular flexibility index (Phi) is 5.31. The van der Waals surface area contributed by atoms with Crippen molar-refractivity contribution in [2.24, 2.45) is 5.84 Å². The summed E-state index contributed by atoms with van der Waals surface area (Å²) in [4.78, 5) is 0. The van der Waals surface area contributed by atoms with Crippen LogP contribution >= 0.6 is 0 Å². The van der Waals surface area contributed by atoms with Gasteiger partial charge in [-0.1, -0.05) is 6.92 Å². The van der Waals surface area contributed by atoms with Crippen molar-refractivity contribution in [3.8, 4) is 0 Å². The molecule has 0 spiro atoms. The Balaban J connectivity index is 2.49. The third-order valence-electron chi connectivity index (χ3n) is 2.21. The number of nitrogens with one attached hydrogen (secondary N) is 1. The molecule has 1 aromatic rings. The smallest absolute Gasteiger partial charge is 0.0724 e. The van der Waals surface area contributed by atoms with E-state index in [9.17, 15) is 0 Å². The molecule has 1 rings (SSSR count). The molecule has 1 unspecified atom stereocenters. The van der Waals surface area contributed by atoms with E-state index in [1.807, 2.05) is 17.1 Å². The van der Waals surface area contributed by atoms with E-state index in [-0.39, 0.29) is 6.04 Å². The fourth-order valence-corrected chi connectivity index (χ4v) is 1.32. The first kappa shape index (κ1) is 12.2. The molecule has 0 radical (unpaired) electrons. The van der Waals surface area contributed by atoms with Crippen LogP contribution in [0.3, 0.4) is 0 Å². The Labute approximate surface area is 90.6 Å². The summed E-state index contributed by atoms with van der Waals surface area (Å²) < 4.78 is 7.33. The summed E-state index contributed by atoms with van der Waals surface area (Å²) >= 11 is 0. The number of ether oxygens (including phenoxy) is 1. The van der Waals surface area contributed by atoms with Gasteiger partial charge >= 0.3 is 0 Å². The van der Waals surface area contributed by atoms with E-state index in [2.05, 4.69) is 24.4 Å². The van der Waals surface area contributed by atoms with E-state index in [1.165, 1.54) is 0 Å². The molecule has 0 fully saturated rings. The van der Waals surface area contributed by atoms with Gasteiger partial charge in [-0.15, -0.1) is 0 Å². The van der Waals surface area contributed by atoms with Gasteiger partial charge in [0.15, 0.2) is 0 Å². The second kappa shape index (κ2) is 6.55. The number of hydrazine groups is 1. The van der Waals surface area contributed by atoms with Crippen molar-refractivity contribution >= 4 is 0 Å². The lowest BCUT2D eigenvalue weighted by Crippen LogP contribution is -2.31. The summed E-state index contributed by atoms with van der Waals surface area (Å²) in [5, 5.41) is 4.20. The van der Waals surface area contributed by atoms with Gasteiger partial charge in [-0.05, 0) is 13.3 Å². The number of nitrogens with zero attached hydrogens (tertiary/aromatic N) is 2. The average Bonchev–Trinajstić information content (AvgIpc) is 2.73. The van der Waals surface area contributed by atoms with Crippen LogP contribution in [0.5, 0.6) is 0 Å². The summed E-state index contributed by atoms with van der Waals surface area (Å²) in [6, 6.07) is 0.0249. The van der Waals surface area contributed by atoms with Gasteiger partial charge in [0.05, 0.1) is 18.8 Å². The number of hydrogen-bond acceptors (Lipinski definition) is 4. The number of aromatic nitrogens is 2. The molecule has 0 aliphatic carbocycles. The summed E-state index contributed by atoms with van der Waals surface area (Å²) in [7, 11) is 0. The van der Waals surface area contributed by atoms with Crippen LogP contribution < -0.4 is 11.3 Å². The minimum Gasteiger partial charge on any atom is -0.379 e. The van der Waals surface area contributed by atoms with Crippen LogP contribution in [0.15, 0.2) is 12.4 Å². The molecule has 3 N–H and O–H groups in total. The monoisotopic (exact) mass is 212 g/mol. The molecule has 0 amide bonds. The van der Waals surface area contributed by atoms with Crippen molar-refractivity contribution in [2.75, 3.05) is 13.2 Å². The largest absolute Gasteiger partial charge is 0.379 e. The molecule has 0 saturated heterocycles. The minimum absolute atomic E-state index is 0.0249. The van der Waals surface area contributed by atoms with E-state index in [0.717, 1.165) is 25.1 Å². The third kappa shape index (κ3) is 3.62. The Bertz CT molecular complexity index is 274. The van der Waals surface area contributed by atoms with Crippen molar-refractivity contribution in [1.82, 2.24) is 15.2 Å².